The van der Waals surface area contributed by atoms with Gasteiger partial charge < -0.3 is 4.90 Å². The van der Waals surface area contributed by atoms with E-state index in [0.717, 1.165) is 24.4 Å². The molecule has 1 aromatic rings. The largest absolute Gasteiger partial charge is 0.312 e. The Morgan fingerprint density at radius 3 is 2.21 bits per heavy atom. The van der Waals surface area contributed by atoms with Gasteiger partial charge in [-0.2, -0.15) is 0 Å². The third kappa shape index (κ3) is 4.87. The fourth-order valence-electron chi connectivity index (χ4n) is 2.05. The molecule has 0 N–H and O–H groups in total. The zero-order valence-electron chi connectivity index (χ0n) is 12.2. The van der Waals surface area contributed by atoms with Crippen LogP contribution in [0.3, 0.4) is 0 Å². The molecular formula is C16H24N2O. The van der Waals surface area contributed by atoms with E-state index in [-0.39, 0.29) is 5.91 Å². The molecular weight excluding hydrogens is 236 g/mol. The first-order chi connectivity index (χ1) is 9.08. The SMILES string of the molecule is C=C(C)CN(CC)CC(=O)N(CC)c1ccccc1. The molecule has 3 nitrogen and oxygen atoms in total. The van der Waals surface area contributed by atoms with Gasteiger partial charge in [0.1, 0.15) is 0 Å². The number of benzene rings is 1. The molecule has 0 spiro atoms. The Kier molecular flexibility index (Phi) is 6.30. The monoisotopic (exact) mass is 260 g/mol. The average molecular weight is 260 g/mol. The van der Waals surface area contributed by atoms with Gasteiger partial charge in [0.2, 0.25) is 5.91 Å². The first-order valence-electron chi connectivity index (χ1n) is 6.80. The predicted molar refractivity (Wildman–Crippen MR) is 81.4 cm³/mol. The summed E-state index contributed by atoms with van der Waals surface area (Å²) in [5.41, 5.74) is 2.04. The third-order valence-corrected chi connectivity index (χ3v) is 2.98. The number of hydrogen-bond acceptors (Lipinski definition) is 2. The molecule has 104 valence electrons. The summed E-state index contributed by atoms with van der Waals surface area (Å²) in [5.74, 6) is 0.136. The third-order valence-electron chi connectivity index (χ3n) is 2.98. The van der Waals surface area contributed by atoms with Crippen LogP contribution in [0.1, 0.15) is 20.8 Å². The molecule has 0 saturated heterocycles. The van der Waals surface area contributed by atoms with E-state index in [1.807, 2.05) is 49.1 Å². The van der Waals surface area contributed by atoms with Crippen LogP contribution >= 0.6 is 0 Å². The Hall–Kier alpha value is -1.61. The first-order valence-corrected chi connectivity index (χ1v) is 6.80. The van der Waals surface area contributed by atoms with Gasteiger partial charge in [0.15, 0.2) is 0 Å². The van der Waals surface area contributed by atoms with Gasteiger partial charge in [-0.1, -0.05) is 37.3 Å². The second-order valence-corrected chi connectivity index (χ2v) is 4.73. The Morgan fingerprint density at radius 1 is 1.11 bits per heavy atom. The van der Waals surface area contributed by atoms with E-state index in [2.05, 4.69) is 18.4 Å². The summed E-state index contributed by atoms with van der Waals surface area (Å²) in [6, 6.07) is 9.81. The fraction of sp³-hybridized carbons (Fsp3) is 0.438. The summed E-state index contributed by atoms with van der Waals surface area (Å²) in [6.07, 6.45) is 0. The highest BCUT2D eigenvalue weighted by atomic mass is 16.2. The minimum absolute atomic E-state index is 0.136. The first kappa shape index (κ1) is 15.4. The minimum Gasteiger partial charge on any atom is -0.312 e. The number of carbonyl (C=O) groups excluding carboxylic acids is 1. The molecule has 19 heavy (non-hydrogen) atoms. The van der Waals surface area contributed by atoms with Gasteiger partial charge >= 0.3 is 0 Å². The van der Waals surface area contributed by atoms with Crippen molar-refractivity contribution >= 4 is 11.6 Å². The molecule has 0 aliphatic heterocycles. The van der Waals surface area contributed by atoms with Crippen LogP contribution in [0.2, 0.25) is 0 Å². The molecule has 0 aliphatic carbocycles. The van der Waals surface area contributed by atoms with Gasteiger partial charge in [0.05, 0.1) is 6.54 Å². The molecule has 0 aliphatic rings. The maximum Gasteiger partial charge on any atom is 0.241 e. The topological polar surface area (TPSA) is 23.6 Å². The van der Waals surface area contributed by atoms with Gasteiger partial charge in [-0.3, -0.25) is 9.69 Å². The van der Waals surface area contributed by atoms with Gasteiger partial charge in [-0.25, -0.2) is 0 Å². The highest BCUT2D eigenvalue weighted by molar-refractivity contribution is 5.94. The highest BCUT2D eigenvalue weighted by Crippen LogP contribution is 2.13. The summed E-state index contributed by atoms with van der Waals surface area (Å²) in [4.78, 5) is 16.3. The molecule has 0 heterocycles. The summed E-state index contributed by atoms with van der Waals surface area (Å²) >= 11 is 0. The molecule has 1 aromatic carbocycles. The highest BCUT2D eigenvalue weighted by Gasteiger charge is 2.16. The maximum atomic E-state index is 12.4. The van der Waals surface area contributed by atoms with Crippen molar-refractivity contribution in [1.29, 1.82) is 0 Å². The molecule has 0 saturated carbocycles. The van der Waals surface area contributed by atoms with Crippen LogP contribution in [-0.4, -0.2) is 37.0 Å². The minimum atomic E-state index is 0.136. The van der Waals surface area contributed by atoms with Gasteiger partial charge in [-0.05, 0) is 32.5 Å². The van der Waals surface area contributed by atoms with E-state index in [9.17, 15) is 4.79 Å². The van der Waals surface area contributed by atoms with Crippen LogP contribution in [0.5, 0.6) is 0 Å². The van der Waals surface area contributed by atoms with Crippen LogP contribution in [-0.2, 0) is 4.79 Å². The Labute approximate surface area is 116 Å². The van der Waals surface area contributed by atoms with Crippen molar-refractivity contribution in [2.75, 3.05) is 31.1 Å². The van der Waals surface area contributed by atoms with Crippen LogP contribution in [0.15, 0.2) is 42.5 Å². The Bertz CT molecular complexity index is 414. The normalized spacial score (nSPS) is 10.5. The lowest BCUT2D eigenvalue weighted by Crippen LogP contribution is -2.40. The predicted octanol–water partition coefficient (Wildman–Crippen LogP) is 2.94. The van der Waals surface area contributed by atoms with E-state index < -0.39 is 0 Å². The second-order valence-electron chi connectivity index (χ2n) is 4.73. The van der Waals surface area contributed by atoms with Gasteiger partial charge in [0.25, 0.3) is 0 Å². The van der Waals surface area contributed by atoms with Crippen molar-refractivity contribution in [2.45, 2.75) is 20.8 Å². The van der Waals surface area contributed by atoms with Crippen molar-refractivity contribution in [3.63, 3.8) is 0 Å². The Balaban J connectivity index is 2.71. The summed E-state index contributed by atoms with van der Waals surface area (Å²) in [5, 5.41) is 0. The standard InChI is InChI=1S/C16H24N2O/c1-5-17(12-14(3)4)13-16(19)18(6-2)15-10-8-7-9-11-15/h7-11H,3,5-6,12-13H2,1-2,4H3. The average Bonchev–Trinajstić information content (AvgIpc) is 2.39. The molecule has 3 heteroatoms. The number of nitrogens with zero attached hydrogens (tertiary/aromatic N) is 2. The Morgan fingerprint density at radius 2 is 1.74 bits per heavy atom. The molecule has 0 radical (unpaired) electrons. The number of para-hydroxylation sites is 1. The van der Waals surface area contributed by atoms with Crippen LogP contribution in [0, 0.1) is 0 Å². The van der Waals surface area contributed by atoms with Crippen molar-refractivity contribution in [3.8, 4) is 0 Å². The van der Waals surface area contributed by atoms with Gasteiger partial charge in [-0.15, -0.1) is 0 Å². The summed E-state index contributed by atoms with van der Waals surface area (Å²) in [6.45, 7) is 12.7. The van der Waals surface area contributed by atoms with E-state index in [0.29, 0.717) is 13.1 Å². The fourth-order valence-corrected chi connectivity index (χ4v) is 2.05. The van der Waals surface area contributed by atoms with E-state index in [1.54, 1.807) is 0 Å². The van der Waals surface area contributed by atoms with Crippen molar-refractivity contribution in [2.24, 2.45) is 0 Å². The van der Waals surface area contributed by atoms with Crippen molar-refractivity contribution in [1.82, 2.24) is 4.90 Å². The van der Waals surface area contributed by atoms with Crippen molar-refractivity contribution in [3.05, 3.63) is 42.5 Å². The quantitative estimate of drug-likeness (QED) is 0.704. The van der Waals surface area contributed by atoms with Crippen LogP contribution < -0.4 is 4.90 Å². The molecule has 0 fully saturated rings. The van der Waals surface area contributed by atoms with Crippen LogP contribution in [0.4, 0.5) is 5.69 Å². The molecule has 1 amide bonds. The molecule has 0 unspecified atom stereocenters. The van der Waals surface area contributed by atoms with Gasteiger partial charge in [0, 0.05) is 18.8 Å². The van der Waals surface area contributed by atoms with E-state index >= 15 is 0 Å². The number of carbonyl (C=O) groups is 1. The maximum absolute atomic E-state index is 12.4. The number of rotatable bonds is 7. The number of hydrogen-bond donors (Lipinski definition) is 0. The zero-order valence-corrected chi connectivity index (χ0v) is 12.2. The zero-order chi connectivity index (χ0) is 14.3. The van der Waals surface area contributed by atoms with Crippen LogP contribution in [0.25, 0.3) is 0 Å². The molecule has 0 aromatic heterocycles. The second kappa shape index (κ2) is 7.74. The molecule has 0 atom stereocenters. The smallest absolute Gasteiger partial charge is 0.241 e. The number of likely N-dealkylation sites (N-methyl/N-ethyl adjacent to an activating group) is 2. The molecule has 0 bridgehead atoms. The number of amides is 1. The summed E-state index contributed by atoms with van der Waals surface area (Å²) in [7, 11) is 0. The molecule has 1 rings (SSSR count). The van der Waals surface area contributed by atoms with E-state index in [4.69, 9.17) is 0 Å². The van der Waals surface area contributed by atoms with Crippen molar-refractivity contribution < 1.29 is 4.79 Å². The lowest BCUT2D eigenvalue weighted by atomic mass is 10.2. The lowest BCUT2D eigenvalue weighted by molar-refractivity contribution is -0.119. The summed E-state index contributed by atoms with van der Waals surface area (Å²) < 4.78 is 0. The van der Waals surface area contributed by atoms with E-state index in [1.165, 1.54) is 0 Å². The number of anilines is 1. The lowest BCUT2D eigenvalue weighted by Gasteiger charge is -2.26.